The van der Waals surface area contributed by atoms with Crippen LogP contribution in [0.25, 0.3) is 0 Å². The van der Waals surface area contributed by atoms with Crippen molar-refractivity contribution in [2.24, 2.45) is 0 Å². The maximum absolute atomic E-state index is 2.67. The number of para-hydroxylation sites is 4. The molecular weight excluding hydrogens is 643 g/mol. The van der Waals surface area contributed by atoms with E-state index in [9.17, 15) is 0 Å². The molecule has 3 aliphatic heterocycles. The van der Waals surface area contributed by atoms with Gasteiger partial charge in [0, 0.05) is 45.5 Å². The second-order valence-corrected chi connectivity index (χ2v) is 20.4. The minimum atomic E-state index is -2.01. The first kappa shape index (κ1) is 30.1. The Morgan fingerprint density at radius 1 is 0.519 bits per heavy atom. The van der Waals surface area contributed by atoms with E-state index in [1.54, 1.807) is 0 Å². The van der Waals surface area contributed by atoms with Crippen molar-refractivity contribution in [3.63, 3.8) is 0 Å². The average Bonchev–Trinajstić information content (AvgIpc) is 3.18. The maximum atomic E-state index is 2.67. The van der Waals surface area contributed by atoms with Gasteiger partial charge in [-0.3, -0.25) is 0 Å². The SMILES string of the molecule is CC1(C)c2ccccc2C(c2cc3c4c(c2)N2c5ccccc5[Si](C)(C)c5cccc(c52)B4c2ccccc2N3c2ccccc2)c2ccccc21. The highest BCUT2D eigenvalue weighted by molar-refractivity contribution is 7.05. The molecule has 52 heavy (non-hydrogen) atoms. The highest BCUT2D eigenvalue weighted by Gasteiger charge is 2.49. The molecule has 4 heteroatoms. The van der Waals surface area contributed by atoms with Gasteiger partial charge in [-0.15, -0.1) is 0 Å². The predicted octanol–water partition coefficient (Wildman–Crippen LogP) is 8.72. The van der Waals surface area contributed by atoms with E-state index in [0.29, 0.717) is 0 Å². The summed E-state index contributed by atoms with van der Waals surface area (Å²) in [5.41, 5.74) is 18.8. The minimum Gasteiger partial charge on any atom is -0.312 e. The molecule has 1 aliphatic carbocycles. The van der Waals surface area contributed by atoms with E-state index in [1.165, 1.54) is 88.7 Å². The Morgan fingerprint density at radius 2 is 1.08 bits per heavy atom. The van der Waals surface area contributed by atoms with Gasteiger partial charge in [-0.2, -0.15) is 0 Å². The van der Waals surface area contributed by atoms with Crippen LogP contribution < -0.4 is 36.6 Å². The van der Waals surface area contributed by atoms with Gasteiger partial charge < -0.3 is 9.80 Å². The second-order valence-electron chi connectivity index (χ2n) is 16.1. The highest BCUT2D eigenvalue weighted by Crippen LogP contribution is 2.52. The molecule has 7 aromatic rings. The molecule has 248 valence electrons. The van der Waals surface area contributed by atoms with Crippen LogP contribution in [0.4, 0.5) is 34.1 Å². The Bertz CT molecular complexity index is 2580. The zero-order valence-corrected chi connectivity index (χ0v) is 31.1. The zero-order valence-electron chi connectivity index (χ0n) is 30.1. The van der Waals surface area contributed by atoms with Crippen LogP contribution in [-0.4, -0.2) is 14.8 Å². The first-order valence-corrected chi connectivity index (χ1v) is 21.7. The summed E-state index contributed by atoms with van der Waals surface area (Å²) in [6.07, 6.45) is 0. The molecule has 0 saturated heterocycles. The Morgan fingerprint density at radius 3 is 1.81 bits per heavy atom. The lowest BCUT2D eigenvalue weighted by Crippen LogP contribution is -2.67. The molecule has 7 aromatic carbocycles. The molecule has 0 aromatic heterocycles. The quantitative estimate of drug-likeness (QED) is 0.168. The number of anilines is 6. The van der Waals surface area contributed by atoms with E-state index in [2.05, 4.69) is 194 Å². The van der Waals surface area contributed by atoms with Crippen LogP contribution >= 0.6 is 0 Å². The Balaban J connectivity index is 1.29. The van der Waals surface area contributed by atoms with Crippen molar-refractivity contribution in [1.29, 1.82) is 0 Å². The average molecular weight is 683 g/mol. The van der Waals surface area contributed by atoms with Gasteiger partial charge in [0.15, 0.2) is 0 Å². The molecule has 0 spiro atoms. The van der Waals surface area contributed by atoms with Crippen LogP contribution in [0.3, 0.4) is 0 Å². The summed E-state index contributed by atoms with van der Waals surface area (Å²) in [5.74, 6) is 0.0951. The molecule has 0 radical (unpaired) electrons. The summed E-state index contributed by atoms with van der Waals surface area (Å²) in [6.45, 7) is 10.00. The monoisotopic (exact) mass is 682 g/mol. The lowest BCUT2D eigenvalue weighted by molar-refractivity contribution is 0.597. The third kappa shape index (κ3) is 3.80. The third-order valence-corrected chi connectivity index (χ3v) is 16.3. The summed E-state index contributed by atoms with van der Waals surface area (Å²) in [7, 11) is -2.01. The van der Waals surface area contributed by atoms with Gasteiger partial charge in [0.1, 0.15) is 8.07 Å². The van der Waals surface area contributed by atoms with Gasteiger partial charge in [0.05, 0.1) is 0 Å². The number of fused-ring (bicyclic) bond motifs is 8. The van der Waals surface area contributed by atoms with Crippen LogP contribution in [0.1, 0.15) is 47.6 Å². The largest absolute Gasteiger partial charge is 0.312 e. The molecule has 0 saturated carbocycles. The van der Waals surface area contributed by atoms with E-state index in [4.69, 9.17) is 0 Å². The fourth-order valence-electron chi connectivity index (χ4n) is 10.4. The molecule has 4 aliphatic rings. The van der Waals surface area contributed by atoms with Crippen molar-refractivity contribution < 1.29 is 0 Å². The summed E-state index contributed by atoms with van der Waals surface area (Å²) in [4.78, 5) is 5.21. The topological polar surface area (TPSA) is 6.48 Å². The molecule has 0 bridgehead atoms. The second kappa shape index (κ2) is 10.5. The number of hydrogen-bond donors (Lipinski definition) is 0. The van der Waals surface area contributed by atoms with E-state index in [1.807, 2.05) is 0 Å². The molecule has 0 fully saturated rings. The van der Waals surface area contributed by atoms with Crippen LogP contribution in [-0.2, 0) is 5.41 Å². The maximum Gasteiger partial charge on any atom is 0.252 e. The van der Waals surface area contributed by atoms with Gasteiger partial charge >= 0.3 is 0 Å². The molecule has 2 nitrogen and oxygen atoms in total. The smallest absolute Gasteiger partial charge is 0.252 e. The lowest BCUT2D eigenvalue weighted by atomic mass is 9.33. The highest BCUT2D eigenvalue weighted by atomic mass is 28.3. The van der Waals surface area contributed by atoms with Gasteiger partial charge in [-0.25, -0.2) is 0 Å². The summed E-state index contributed by atoms with van der Waals surface area (Å²) in [6, 6.07) is 60.1. The molecule has 0 atom stereocenters. The van der Waals surface area contributed by atoms with Gasteiger partial charge in [-0.05, 0) is 91.0 Å². The Hall–Kier alpha value is -5.58. The Labute approximate surface area is 308 Å². The molecule has 0 amide bonds. The van der Waals surface area contributed by atoms with Gasteiger partial charge in [-0.1, -0.05) is 148 Å². The van der Waals surface area contributed by atoms with Crippen LogP contribution in [0, 0.1) is 0 Å². The molecule has 3 heterocycles. The van der Waals surface area contributed by atoms with E-state index < -0.39 is 8.07 Å². The Kier molecular flexibility index (Phi) is 6.07. The van der Waals surface area contributed by atoms with E-state index >= 15 is 0 Å². The number of benzene rings is 7. The normalized spacial score (nSPS) is 16.6. The standard InChI is InChI=1S/C48H39BN2Si/c1-48(2)35-21-10-8-19-33(35)45(34-20-9-11-22-36(34)48)31-29-41-46-42(30-31)51-40-26-14-15-27-43(40)52(3,4)44-28-16-24-38(47(44)51)49(46)37-23-12-13-25-39(37)50(41)32-17-6-5-7-18-32/h5-30,45H,1-4H3. The lowest BCUT2D eigenvalue weighted by Gasteiger charge is -2.49. The number of nitrogens with zero attached hydrogens (tertiary/aromatic N) is 2. The van der Waals surface area contributed by atoms with Crippen LogP contribution in [0.15, 0.2) is 158 Å². The fourth-order valence-corrected chi connectivity index (χ4v) is 13.4. The van der Waals surface area contributed by atoms with Crippen molar-refractivity contribution in [3.8, 4) is 0 Å². The van der Waals surface area contributed by atoms with Gasteiger partial charge in [0.2, 0.25) is 0 Å². The zero-order chi connectivity index (χ0) is 34.9. The summed E-state index contributed by atoms with van der Waals surface area (Å²) < 4.78 is 0. The molecular formula is C48H39BN2Si. The minimum absolute atomic E-state index is 0.0951. The van der Waals surface area contributed by atoms with Crippen LogP contribution in [0.5, 0.6) is 0 Å². The van der Waals surface area contributed by atoms with Crippen LogP contribution in [0.2, 0.25) is 13.1 Å². The van der Waals surface area contributed by atoms with Gasteiger partial charge in [0.25, 0.3) is 6.71 Å². The molecule has 0 unspecified atom stereocenters. The molecule has 0 N–H and O–H groups in total. The van der Waals surface area contributed by atoms with Crippen molar-refractivity contribution in [2.45, 2.75) is 38.3 Å². The third-order valence-electron chi connectivity index (χ3n) is 12.7. The summed E-state index contributed by atoms with van der Waals surface area (Å²) >= 11 is 0. The van der Waals surface area contributed by atoms with E-state index in [0.717, 1.165) is 0 Å². The number of hydrogen-bond acceptors (Lipinski definition) is 2. The van der Waals surface area contributed by atoms with Crippen molar-refractivity contribution in [2.75, 3.05) is 9.80 Å². The predicted molar refractivity (Wildman–Crippen MR) is 223 cm³/mol. The first-order valence-electron chi connectivity index (χ1n) is 18.7. The number of rotatable bonds is 2. The fraction of sp³-hybridized carbons (Fsp3) is 0.125. The van der Waals surface area contributed by atoms with Crippen molar-refractivity contribution in [1.82, 2.24) is 0 Å². The molecule has 11 rings (SSSR count). The van der Waals surface area contributed by atoms with Crippen molar-refractivity contribution in [3.05, 3.63) is 186 Å². The van der Waals surface area contributed by atoms with Crippen molar-refractivity contribution >= 4 is 75.7 Å². The van der Waals surface area contributed by atoms with E-state index in [-0.39, 0.29) is 18.0 Å². The summed E-state index contributed by atoms with van der Waals surface area (Å²) in [5, 5.41) is 3.03. The first-order chi connectivity index (χ1) is 25.4.